The summed E-state index contributed by atoms with van der Waals surface area (Å²) in [5.74, 6) is 1.64. The second-order valence-electron chi connectivity index (χ2n) is 6.83. The van der Waals surface area contributed by atoms with Gasteiger partial charge in [0.1, 0.15) is 0 Å². The molecule has 0 saturated carbocycles. The first-order valence-electron chi connectivity index (χ1n) is 9.15. The van der Waals surface area contributed by atoms with Crippen molar-refractivity contribution in [1.29, 1.82) is 0 Å². The number of anilines is 1. The molecule has 1 saturated heterocycles. The van der Waals surface area contributed by atoms with Crippen LogP contribution >= 0.6 is 35.7 Å². The van der Waals surface area contributed by atoms with Crippen LogP contribution in [0, 0.1) is 5.92 Å². The van der Waals surface area contributed by atoms with E-state index in [-0.39, 0.29) is 5.91 Å². The molecule has 0 aromatic heterocycles. The minimum Gasteiger partial charge on any atom is -0.493 e. The lowest BCUT2D eigenvalue weighted by molar-refractivity contribution is -0.113. The van der Waals surface area contributed by atoms with Crippen molar-refractivity contribution in [2.24, 2.45) is 5.92 Å². The fourth-order valence-electron chi connectivity index (χ4n) is 2.74. The number of hydrogen-bond donors (Lipinski definition) is 0. The van der Waals surface area contributed by atoms with Gasteiger partial charge in [-0.3, -0.25) is 9.69 Å². The van der Waals surface area contributed by atoms with Crippen LogP contribution in [0.15, 0.2) is 52.3 Å². The lowest BCUT2D eigenvalue weighted by Crippen LogP contribution is -2.27. The van der Waals surface area contributed by atoms with E-state index in [1.165, 1.54) is 11.8 Å². The molecule has 0 N–H and O–H groups in total. The highest BCUT2D eigenvalue weighted by Gasteiger charge is 2.33. The van der Waals surface area contributed by atoms with Crippen LogP contribution in [0.5, 0.6) is 11.5 Å². The van der Waals surface area contributed by atoms with Crippen LogP contribution in [0.4, 0.5) is 5.69 Å². The maximum absolute atomic E-state index is 13.0. The van der Waals surface area contributed by atoms with E-state index in [1.807, 2.05) is 54.8 Å². The van der Waals surface area contributed by atoms with E-state index in [9.17, 15) is 4.79 Å². The highest BCUT2D eigenvalue weighted by Crippen LogP contribution is 2.38. The summed E-state index contributed by atoms with van der Waals surface area (Å²) >= 11 is 8.41. The second kappa shape index (κ2) is 9.69. The van der Waals surface area contributed by atoms with Gasteiger partial charge >= 0.3 is 0 Å². The zero-order valence-corrected chi connectivity index (χ0v) is 19.2. The van der Waals surface area contributed by atoms with Crippen molar-refractivity contribution in [2.45, 2.75) is 18.7 Å². The predicted octanol–water partition coefficient (Wildman–Crippen LogP) is 5.86. The molecule has 1 fully saturated rings. The molecule has 3 rings (SSSR count). The van der Waals surface area contributed by atoms with E-state index < -0.39 is 0 Å². The van der Waals surface area contributed by atoms with Crippen molar-refractivity contribution in [1.82, 2.24) is 0 Å². The summed E-state index contributed by atoms with van der Waals surface area (Å²) in [7, 11) is 1.61. The highest BCUT2D eigenvalue weighted by molar-refractivity contribution is 8.27. The maximum Gasteiger partial charge on any atom is 0.270 e. The molecular weight excluding hydrogens is 422 g/mol. The van der Waals surface area contributed by atoms with E-state index in [4.69, 9.17) is 21.7 Å². The van der Waals surface area contributed by atoms with Gasteiger partial charge in [-0.05, 0) is 54.1 Å². The van der Waals surface area contributed by atoms with Crippen LogP contribution < -0.4 is 14.4 Å². The molecule has 2 aromatic carbocycles. The Kier molecular flexibility index (Phi) is 7.27. The molecule has 0 bridgehead atoms. The summed E-state index contributed by atoms with van der Waals surface area (Å²) in [6.07, 6.45) is 3.84. The first-order valence-corrected chi connectivity index (χ1v) is 11.6. The Morgan fingerprint density at radius 2 is 2.00 bits per heavy atom. The number of carbonyl (C=O) groups excluding carboxylic acids is 1. The van der Waals surface area contributed by atoms with Crippen LogP contribution in [-0.2, 0) is 4.79 Å². The van der Waals surface area contributed by atoms with Crippen LogP contribution in [-0.4, -0.2) is 30.2 Å². The van der Waals surface area contributed by atoms with Gasteiger partial charge in [0.25, 0.3) is 5.91 Å². The predicted molar refractivity (Wildman–Crippen MR) is 127 cm³/mol. The summed E-state index contributed by atoms with van der Waals surface area (Å²) < 4.78 is 11.8. The van der Waals surface area contributed by atoms with Crippen molar-refractivity contribution < 1.29 is 14.3 Å². The molecule has 7 heteroatoms. The third-order valence-corrected chi connectivity index (χ3v) is 6.19. The summed E-state index contributed by atoms with van der Waals surface area (Å²) in [6.45, 7) is 4.80. The summed E-state index contributed by atoms with van der Waals surface area (Å²) in [6, 6.07) is 13.5. The van der Waals surface area contributed by atoms with Crippen molar-refractivity contribution >= 4 is 57.7 Å². The fraction of sp³-hybridized carbons (Fsp3) is 0.273. The third-order valence-electron chi connectivity index (χ3n) is 4.16. The van der Waals surface area contributed by atoms with E-state index >= 15 is 0 Å². The largest absolute Gasteiger partial charge is 0.493 e. The van der Waals surface area contributed by atoms with E-state index in [2.05, 4.69) is 13.8 Å². The number of nitrogens with zero attached hydrogens (tertiary/aromatic N) is 1. The van der Waals surface area contributed by atoms with E-state index in [0.717, 1.165) is 16.1 Å². The summed E-state index contributed by atoms with van der Waals surface area (Å²) in [5, 5.41) is 0. The molecule has 0 unspecified atom stereocenters. The number of carbonyl (C=O) groups is 1. The quantitative estimate of drug-likeness (QED) is 0.302. The number of benzene rings is 2. The van der Waals surface area contributed by atoms with Gasteiger partial charge < -0.3 is 9.47 Å². The number of thiocarbonyl (C=S) groups is 1. The van der Waals surface area contributed by atoms with Crippen LogP contribution in [0.1, 0.15) is 19.4 Å². The second-order valence-corrected chi connectivity index (χ2v) is 9.39. The molecule has 152 valence electrons. The van der Waals surface area contributed by atoms with Crippen LogP contribution in [0.3, 0.4) is 0 Å². The van der Waals surface area contributed by atoms with Gasteiger partial charge in [-0.2, -0.15) is 0 Å². The molecule has 29 heavy (non-hydrogen) atoms. The number of amides is 1. The molecule has 2 aromatic rings. The van der Waals surface area contributed by atoms with Crippen LogP contribution in [0.25, 0.3) is 6.08 Å². The highest BCUT2D eigenvalue weighted by atomic mass is 32.2. The molecule has 1 aliphatic rings. The van der Waals surface area contributed by atoms with Crippen molar-refractivity contribution in [3.63, 3.8) is 0 Å². The van der Waals surface area contributed by atoms with Crippen LogP contribution in [0.2, 0.25) is 0 Å². The van der Waals surface area contributed by atoms with E-state index in [1.54, 1.807) is 23.8 Å². The zero-order chi connectivity index (χ0) is 21.0. The van der Waals surface area contributed by atoms with Gasteiger partial charge in [-0.1, -0.05) is 50.0 Å². The standard InChI is InChI=1S/C22H23NO3S3/c1-14(2)13-26-18-9-8-15(10-19(18)25-3)11-20-21(24)23(22(27)29-20)16-6-5-7-17(12-16)28-4/h5-12,14H,13H2,1-4H3/b20-11-. The smallest absolute Gasteiger partial charge is 0.270 e. The molecule has 0 spiro atoms. The Labute approximate surface area is 185 Å². The molecule has 1 aliphatic heterocycles. The van der Waals surface area contributed by atoms with E-state index in [0.29, 0.717) is 33.2 Å². The minimum atomic E-state index is -0.114. The van der Waals surface area contributed by atoms with Crippen molar-refractivity contribution in [3.05, 3.63) is 52.9 Å². The third kappa shape index (κ3) is 5.15. The first-order chi connectivity index (χ1) is 13.9. The maximum atomic E-state index is 13.0. The molecule has 0 atom stereocenters. The normalized spacial score (nSPS) is 15.5. The molecule has 1 amide bonds. The molecule has 0 radical (unpaired) electrons. The minimum absolute atomic E-state index is 0.114. The van der Waals surface area contributed by atoms with Gasteiger partial charge in [0, 0.05) is 4.90 Å². The number of methoxy groups -OCH3 is 1. The van der Waals surface area contributed by atoms with Gasteiger partial charge in [-0.25, -0.2) is 0 Å². The van der Waals surface area contributed by atoms with Gasteiger partial charge in [0.2, 0.25) is 0 Å². The summed E-state index contributed by atoms with van der Waals surface area (Å²) in [5.41, 5.74) is 1.65. The van der Waals surface area contributed by atoms with Gasteiger partial charge in [0.05, 0.1) is 24.3 Å². The average molecular weight is 446 g/mol. The lowest BCUT2D eigenvalue weighted by Gasteiger charge is -2.15. The summed E-state index contributed by atoms with van der Waals surface area (Å²) in [4.78, 5) is 16.3. The topological polar surface area (TPSA) is 38.8 Å². The lowest BCUT2D eigenvalue weighted by atomic mass is 10.1. The monoisotopic (exact) mass is 445 g/mol. The van der Waals surface area contributed by atoms with Gasteiger partial charge in [0.15, 0.2) is 15.8 Å². The number of ether oxygens (including phenoxy) is 2. The van der Waals surface area contributed by atoms with Crippen molar-refractivity contribution in [3.8, 4) is 11.5 Å². The Bertz CT molecular complexity index is 956. The zero-order valence-electron chi connectivity index (χ0n) is 16.8. The molecular formula is C22H23NO3S3. The first kappa shape index (κ1) is 21.7. The number of thioether (sulfide) groups is 2. The van der Waals surface area contributed by atoms with Crippen molar-refractivity contribution in [2.75, 3.05) is 24.9 Å². The number of hydrogen-bond acceptors (Lipinski definition) is 6. The number of rotatable bonds is 7. The SMILES string of the molecule is COc1cc(/C=C2\SC(=S)N(c3cccc(SC)c3)C2=O)ccc1OCC(C)C. The molecule has 0 aliphatic carbocycles. The Balaban J connectivity index is 1.85. The average Bonchev–Trinajstić information content (AvgIpc) is 2.99. The Morgan fingerprint density at radius 3 is 2.69 bits per heavy atom. The molecule has 4 nitrogen and oxygen atoms in total. The Morgan fingerprint density at radius 1 is 1.21 bits per heavy atom. The fourth-order valence-corrected chi connectivity index (χ4v) is 4.49. The van der Waals surface area contributed by atoms with Gasteiger partial charge in [-0.15, -0.1) is 11.8 Å². The Hall–Kier alpha value is -1.96. The molecule has 1 heterocycles.